The molecular weight excluding hydrogens is 336 g/mol. The lowest BCUT2D eigenvalue weighted by molar-refractivity contribution is 0.370. The van der Waals surface area contributed by atoms with Gasteiger partial charge in [-0.2, -0.15) is 0 Å². The van der Waals surface area contributed by atoms with Crippen molar-refractivity contribution in [1.29, 1.82) is 0 Å². The van der Waals surface area contributed by atoms with Crippen LogP contribution in [-0.2, 0) is 22.3 Å². The predicted molar refractivity (Wildman–Crippen MR) is 103 cm³/mol. The van der Waals surface area contributed by atoms with Crippen LogP contribution in [0.4, 0.5) is 0 Å². The van der Waals surface area contributed by atoms with Crippen LogP contribution in [0, 0.1) is 5.41 Å². The summed E-state index contributed by atoms with van der Waals surface area (Å²) in [5.74, 6) is 0.952. The maximum atomic E-state index is 11.6. The van der Waals surface area contributed by atoms with Crippen molar-refractivity contribution in [2.45, 2.75) is 39.5 Å². The maximum absolute atomic E-state index is 11.6. The molecule has 1 saturated heterocycles. The van der Waals surface area contributed by atoms with E-state index >= 15 is 0 Å². The first-order chi connectivity index (χ1) is 11.7. The summed E-state index contributed by atoms with van der Waals surface area (Å²) in [6.45, 7) is 10.1. The minimum atomic E-state index is -3.23. The van der Waals surface area contributed by atoms with Crippen LogP contribution in [-0.4, -0.2) is 46.0 Å². The zero-order valence-corrected chi connectivity index (χ0v) is 16.5. The van der Waals surface area contributed by atoms with Gasteiger partial charge in [-0.1, -0.05) is 38.1 Å². The molecular formula is C18H30N4O2S. The summed E-state index contributed by atoms with van der Waals surface area (Å²) in [6, 6.07) is 7.60. The molecule has 1 aromatic rings. The summed E-state index contributed by atoms with van der Waals surface area (Å²) >= 11 is 0. The highest BCUT2D eigenvalue weighted by atomic mass is 32.2. The van der Waals surface area contributed by atoms with Gasteiger partial charge in [-0.15, -0.1) is 0 Å². The van der Waals surface area contributed by atoms with E-state index in [1.54, 1.807) is 0 Å². The molecule has 7 heteroatoms. The Kier molecular flexibility index (Phi) is 6.46. The van der Waals surface area contributed by atoms with Crippen molar-refractivity contribution in [3.8, 4) is 0 Å². The third-order valence-electron chi connectivity index (χ3n) is 4.41. The summed E-state index contributed by atoms with van der Waals surface area (Å²) in [6.07, 6.45) is 1.17. The fourth-order valence-electron chi connectivity index (χ4n) is 2.92. The van der Waals surface area contributed by atoms with Crippen LogP contribution in [0.5, 0.6) is 0 Å². The molecule has 1 aliphatic rings. The number of aliphatic imine (C=N–C) groups is 1. The van der Waals surface area contributed by atoms with E-state index in [2.05, 4.69) is 35.7 Å². The second-order valence-electron chi connectivity index (χ2n) is 7.29. The van der Waals surface area contributed by atoms with Crippen LogP contribution in [0.1, 0.15) is 38.3 Å². The SMILES string of the molecule is CCNC(=NCc1ccc(CS(=O)(=O)NC)cc1)N1CCC(C)(C)C1. The molecule has 0 bridgehead atoms. The van der Waals surface area contributed by atoms with Crippen molar-refractivity contribution >= 4 is 16.0 Å². The number of sulfonamides is 1. The lowest BCUT2D eigenvalue weighted by atomic mass is 9.93. The molecule has 0 aliphatic carbocycles. The second kappa shape index (κ2) is 8.19. The molecule has 2 rings (SSSR count). The zero-order chi connectivity index (χ0) is 18.5. The number of hydrogen-bond acceptors (Lipinski definition) is 3. The van der Waals surface area contributed by atoms with E-state index in [1.807, 2.05) is 24.3 Å². The third kappa shape index (κ3) is 6.01. The number of guanidine groups is 1. The van der Waals surface area contributed by atoms with Gasteiger partial charge in [-0.25, -0.2) is 18.1 Å². The summed E-state index contributed by atoms with van der Waals surface area (Å²) in [5, 5.41) is 3.37. The summed E-state index contributed by atoms with van der Waals surface area (Å²) in [5.41, 5.74) is 2.17. The Bertz CT molecular complexity index is 696. The van der Waals surface area contributed by atoms with Crippen LogP contribution in [0.3, 0.4) is 0 Å². The van der Waals surface area contributed by atoms with E-state index < -0.39 is 10.0 Å². The summed E-state index contributed by atoms with van der Waals surface area (Å²) in [4.78, 5) is 7.07. The molecule has 6 nitrogen and oxygen atoms in total. The van der Waals surface area contributed by atoms with Crippen molar-refractivity contribution in [2.75, 3.05) is 26.7 Å². The van der Waals surface area contributed by atoms with Gasteiger partial charge in [0.25, 0.3) is 0 Å². The molecule has 0 saturated carbocycles. The van der Waals surface area contributed by atoms with Crippen molar-refractivity contribution in [2.24, 2.45) is 10.4 Å². The van der Waals surface area contributed by atoms with Crippen LogP contribution < -0.4 is 10.0 Å². The van der Waals surface area contributed by atoms with Gasteiger partial charge in [0.1, 0.15) is 0 Å². The lowest BCUT2D eigenvalue weighted by Crippen LogP contribution is -2.40. The Morgan fingerprint density at radius 3 is 2.40 bits per heavy atom. The zero-order valence-electron chi connectivity index (χ0n) is 15.7. The largest absolute Gasteiger partial charge is 0.357 e. The fraction of sp³-hybridized carbons (Fsp3) is 0.611. The van der Waals surface area contributed by atoms with Crippen molar-refractivity contribution < 1.29 is 8.42 Å². The first-order valence-electron chi connectivity index (χ1n) is 8.77. The summed E-state index contributed by atoms with van der Waals surface area (Å²) in [7, 11) is -1.80. The van der Waals surface area contributed by atoms with Crippen LogP contribution in [0.25, 0.3) is 0 Å². The Hall–Kier alpha value is -1.60. The van der Waals surface area contributed by atoms with Crippen molar-refractivity contribution in [3.63, 3.8) is 0 Å². The highest BCUT2D eigenvalue weighted by Crippen LogP contribution is 2.28. The quantitative estimate of drug-likeness (QED) is 0.596. The average Bonchev–Trinajstić information content (AvgIpc) is 2.92. The normalized spacial score (nSPS) is 17.8. The van der Waals surface area contributed by atoms with Gasteiger partial charge < -0.3 is 10.2 Å². The number of likely N-dealkylation sites (tertiary alicyclic amines) is 1. The molecule has 0 amide bonds. The van der Waals surface area contributed by atoms with Crippen LogP contribution >= 0.6 is 0 Å². The van der Waals surface area contributed by atoms with E-state index in [0.717, 1.165) is 36.7 Å². The maximum Gasteiger partial charge on any atom is 0.215 e. The molecule has 1 fully saturated rings. The van der Waals surface area contributed by atoms with Crippen molar-refractivity contribution in [1.82, 2.24) is 14.9 Å². The molecule has 140 valence electrons. The van der Waals surface area contributed by atoms with Gasteiger partial charge in [0.2, 0.25) is 10.0 Å². The molecule has 25 heavy (non-hydrogen) atoms. The number of rotatable bonds is 6. The Morgan fingerprint density at radius 1 is 1.24 bits per heavy atom. The molecule has 0 unspecified atom stereocenters. The highest BCUT2D eigenvalue weighted by molar-refractivity contribution is 7.88. The molecule has 0 atom stereocenters. The van der Waals surface area contributed by atoms with Gasteiger partial charge in [0.15, 0.2) is 5.96 Å². The van der Waals surface area contributed by atoms with E-state index in [-0.39, 0.29) is 5.75 Å². The Balaban J connectivity index is 2.03. The molecule has 1 aromatic carbocycles. The highest BCUT2D eigenvalue weighted by Gasteiger charge is 2.30. The van der Waals surface area contributed by atoms with Gasteiger partial charge in [-0.05, 0) is 36.9 Å². The number of nitrogens with zero attached hydrogens (tertiary/aromatic N) is 2. The Morgan fingerprint density at radius 2 is 1.88 bits per heavy atom. The Labute approximate surface area is 151 Å². The summed E-state index contributed by atoms with van der Waals surface area (Å²) < 4.78 is 25.5. The van der Waals surface area contributed by atoms with E-state index in [4.69, 9.17) is 4.99 Å². The second-order valence-corrected chi connectivity index (χ2v) is 9.21. The minimum Gasteiger partial charge on any atom is -0.357 e. The van der Waals surface area contributed by atoms with Gasteiger partial charge in [-0.3, -0.25) is 0 Å². The predicted octanol–water partition coefficient (Wildman–Crippen LogP) is 1.93. The molecule has 2 N–H and O–H groups in total. The van der Waals surface area contributed by atoms with E-state index in [9.17, 15) is 8.42 Å². The lowest BCUT2D eigenvalue weighted by Gasteiger charge is -2.23. The molecule has 0 radical (unpaired) electrons. The number of benzene rings is 1. The van der Waals surface area contributed by atoms with Crippen LogP contribution in [0.15, 0.2) is 29.3 Å². The van der Waals surface area contributed by atoms with Crippen molar-refractivity contribution in [3.05, 3.63) is 35.4 Å². The molecule has 0 spiro atoms. The topological polar surface area (TPSA) is 73.8 Å². The first-order valence-corrected chi connectivity index (χ1v) is 10.4. The molecule has 0 aromatic heterocycles. The van der Waals surface area contributed by atoms with Gasteiger partial charge in [0, 0.05) is 19.6 Å². The first kappa shape index (κ1) is 19.7. The number of nitrogens with one attached hydrogen (secondary N) is 2. The molecule has 1 aliphatic heterocycles. The standard InChI is InChI=1S/C18H30N4O2S/c1-5-20-17(22-11-10-18(2,3)14-22)21-12-15-6-8-16(9-7-15)13-25(23,24)19-4/h6-9,19H,5,10-14H2,1-4H3,(H,20,21). The minimum absolute atomic E-state index is 0.00144. The smallest absolute Gasteiger partial charge is 0.215 e. The molecule has 1 heterocycles. The fourth-order valence-corrected chi connectivity index (χ4v) is 3.69. The monoisotopic (exact) mass is 366 g/mol. The van der Waals surface area contributed by atoms with Gasteiger partial charge in [0.05, 0.1) is 12.3 Å². The van der Waals surface area contributed by atoms with Crippen LogP contribution in [0.2, 0.25) is 0 Å². The third-order valence-corrected chi connectivity index (χ3v) is 5.75. The van der Waals surface area contributed by atoms with Gasteiger partial charge >= 0.3 is 0 Å². The average molecular weight is 367 g/mol. The van der Waals surface area contributed by atoms with E-state index in [0.29, 0.717) is 12.0 Å². The van der Waals surface area contributed by atoms with E-state index in [1.165, 1.54) is 13.5 Å². The number of hydrogen-bond donors (Lipinski definition) is 2.